The second-order valence-electron chi connectivity index (χ2n) is 4.50. The fourth-order valence-electron chi connectivity index (χ4n) is 2.00. The van der Waals surface area contributed by atoms with Crippen LogP contribution in [0, 0.1) is 11.3 Å². The summed E-state index contributed by atoms with van der Waals surface area (Å²) in [6.07, 6.45) is 0.234. The van der Waals surface area contributed by atoms with Gasteiger partial charge in [0.2, 0.25) is 5.91 Å². The third kappa shape index (κ3) is 3.82. The number of amides is 1. The zero-order valence-corrected chi connectivity index (χ0v) is 12.0. The normalized spacial score (nSPS) is 9.95. The van der Waals surface area contributed by atoms with Gasteiger partial charge in [-0.3, -0.25) is 4.79 Å². The molecule has 0 aliphatic carbocycles. The molecule has 0 saturated heterocycles. The maximum Gasteiger partial charge on any atom is 0.228 e. The van der Waals surface area contributed by atoms with Crippen LogP contribution in [0.1, 0.15) is 16.7 Å². The van der Waals surface area contributed by atoms with Crippen LogP contribution in [0.2, 0.25) is 5.02 Å². The molecule has 0 radical (unpaired) electrons. The molecule has 0 atom stereocenters. The molecule has 0 bridgehead atoms. The predicted octanol–water partition coefficient (Wildman–Crippen LogP) is 2.85. The molecule has 21 heavy (non-hydrogen) atoms. The van der Waals surface area contributed by atoms with Gasteiger partial charge in [-0.2, -0.15) is 5.26 Å². The van der Waals surface area contributed by atoms with Crippen molar-refractivity contribution in [1.82, 2.24) is 0 Å². The van der Waals surface area contributed by atoms with Crippen LogP contribution >= 0.6 is 11.6 Å². The van der Waals surface area contributed by atoms with Crippen LogP contribution in [0.4, 0.5) is 5.69 Å². The summed E-state index contributed by atoms with van der Waals surface area (Å²) < 4.78 is 0. The topological polar surface area (TPSA) is 78.9 Å². The second kappa shape index (κ2) is 6.89. The van der Waals surface area contributed by atoms with E-state index in [0.717, 1.165) is 11.1 Å². The van der Waals surface area contributed by atoms with Crippen molar-refractivity contribution in [2.45, 2.75) is 13.0 Å². The van der Waals surface area contributed by atoms with Gasteiger partial charge in [-0.05, 0) is 29.3 Å². The molecule has 1 amide bonds. The number of hydrogen-bond donors (Lipinski definition) is 2. The maximum absolute atomic E-state index is 12.1. The molecule has 2 rings (SSSR count). The molecular formula is C16H14ClN3O. The predicted molar refractivity (Wildman–Crippen MR) is 82.8 cm³/mol. The zero-order valence-electron chi connectivity index (χ0n) is 11.3. The van der Waals surface area contributed by atoms with Crippen LogP contribution in [-0.4, -0.2) is 5.91 Å². The molecule has 3 N–H and O–H groups in total. The third-order valence-corrected chi connectivity index (χ3v) is 3.39. The summed E-state index contributed by atoms with van der Waals surface area (Å²) in [5.74, 6) is -0.165. The summed E-state index contributed by atoms with van der Waals surface area (Å²) in [7, 11) is 0. The van der Waals surface area contributed by atoms with Crippen molar-refractivity contribution >= 4 is 23.2 Å². The quantitative estimate of drug-likeness (QED) is 0.911. The number of benzene rings is 2. The van der Waals surface area contributed by atoms with Crippen molar-refractivity contribution in [3.8, 4) is 6.07 Å². The number of nitrogens with two attached hydrogens (primary N) is 1. The minimum Gasteiger partial charge on any atom is -0.326 e. The van der Waals surface area contributed by atoms with Gasteiger partial charge >= 0.3 is 0 Å². The van der Waals surface area contributed by atoms with Gasteiger partial charge in [-0.15, -0.1) is 0 Å². The lowest BCUT2D eigenvalue weighted by atomic mass is 10.0. The molecule has 2 aromatic carbocycles. The number of nitriles is 1. The molecule has 2 aromatic rings. The van der Waals surface area contributed by atoms with Crippen molar-refractivity contribution < 1.29 is 4.79 Å². The lowest BCUT2D eigenvalue weighted by molar-refractivity contribution is -0.115. The van der Waals surface area contributed by atoms with E-state index in [0.29, 0.717) is 22.8 Å². The number of anilines is 1. The Balaban J connectivity index is 2.10. The molecule has 0 aliphatic heterocycles. The zero-order chi connectivity index (χ0) is 15.2. The monoisotopic (exact) mass is 299 g/mol. The van der Waals surface area contributed by atoms with E-state index in [4.69, 9.17) is 22.6 Å². The van der Waals surface area contributed by atoms with Crippen LogP contribution in [0.5, 0.6) is 0 Å². The van der Waals surface area contributed by atoms with E-state index in [1.807, 2.05) is 30.3 Å². The highest BCUT2D eigenvalue weighted by atomic mass is 35.5. The van der Waals surface area contributed by atoms with E-state index in [9.17, 15) is 4.79 Å². The van der Waals surface area contributed by atoms with Gasteiger partial charge in [0, 0.05) is 12.2 Å². The Bertz CT molecular complexity index is 707. The summed E-state index contributed by atoms with van der Waals surface area (Å²) in [6.45, 7) is 0.392. The Labute approximate surface area is 128 Å². The van der Waals surface area contributed by atoms with Crippen molar-refractivity contribution in [2.24, 2.45) is 5.73 Å². The maximum atomic E-state index is 12.1. The van der Waals surface area contributed by atoms with Gasteiger partial charge in [-0.25, -0.2) is 0 Å². The van der Waals surface area contributed by atoms with Gasteiger partial charge in [0.25, 0.3) is 0 Å². The van der Waals surface area contributed by atoms with E-state index >= 15 is 0 Å². The van der Waals surface area contributed by atoms with Crippen LogP contribution in [-0.2, 0) is 17.8 Å². The van der Waals surface area contributed by atoms with E-state index in [2.05, 4.69) is 5.32 Å². The summed E-state index contributed by atoms with van der Waals surface area (Å²) >= 11 is 5.85. The molecule has 0 aromatic heterocycles. The van der Waals surface area contributed by atoms with Crippen LogP contribution in [0.3, 0.4) is 0 Å². The first kappa shape index (κ1) is 15.0. The van der Waals surface area contributed by atoms with Crippen molar-refractivity contribution in [2.75, 3.05) is 5.32 Å². The number of hydrogen-bond acceptors (Lipinski definition) is 3. The summed E-state index contributed by atoms with van der Waals surface area (Å²) in [6, 6.07) is 14.3. The third-order valence-electron chi connectivity index (χ3n) is 3.06. The average Bonchev–Trinajstić information content (AvgIpc) is 2.49. The fourth-order valence-corrected chi connectivity index (χ4v) is 2.16. The van der Waals surface area contributed by atoms with Crippen LogP contribution in [0.25, 0.3) is 0 Å². The SMILES string of the molecule is N#Cc1cc(NC(=O)Cc2ccccc2CN)ccc1Cl. The van der Waals surface area contributed by atoms with E-state index in [-0.39, 0.29) is 12.3 Å². The Kier molecular flexibility index (Phi) is 4.94. The fraction of sp³-hybridized carbons (Fsp3) is 0.125. The van der Waals surface area contributed by atoms with Gasteiger partial charge in [0.1, 0.15) is 6.07 Å². The Morgan fingerprint density at radius 3 is 2.62 bits per heavy atom. The molecule has 4 nitrogen and oxygen atoms in total. The Morgan fingerprint density at radius 2 is 1.95 bits per heavy atom. The highest BCUT2D eigenvalue weighted by molar-refractivity contribution is 6.31. The first-order chi connectivity index (χ1) is 10.1. The first-order valence-corrected chi connectivity index (χ1v) is 6.78. The van der Waals surface area contributed by atoms with E-state index in [1.54, 1.807) is 18.2 Å². The van der Waals surface area contributed by atoms with Crippen LogP contribution < -0.4 is 11.1 Å². The minimum atomic E-state index is -0.165. The number of nitrogens with zero attached hydrogens (tertiary/aromatic N) is 1. The highest BCUT2D eigenvalue weighted by Gasteiger charge is 2.08. The largest absolute Gasteiger partial charge is 0.326 e. The smallest absolute Gasteiger partial charge is 0.228 e. The van der Waals surface area contributed by atoms with Crippen molar-refractivity contribution in [3.05, 3.63) is 64.2 Å². The molecule has 0 fully saturated rings. The molecule has 0 heterocycles. The van der Waals surface area contributed by atoms with Gasteiger partial charge in [0.15, 0.2) is 0 Å². The van der Waals surface area contributed by atoms with E-state index in [1.165, 1.54) is 0 Å². The molecule has 5 heteroatoms. The lowest BCUT2D eigenvalue weighted by Gasteiger charge is -2.09. The highest BCUT2D eigenvalue weighted by Crippen LogP contribution is 2.20. The van der Waals surface area contributed by atoms with Gasteiger partial charge < -0.3 is 11.1 Å². The Hall–Kier alpha value is -2.35. The number of rotatable bonds is 4. The summed E-state index contributed by atoms with van der Waals surface area (Å²) in [5, 5.41) is 12.0. The number of carbonyl (C=O) groups is 1. The van der Waals surface area contributed by atoms with Crippen LogP contribution in [0.15, 0.2) is 42.5 Å². The number of nitrogens with one attached hydrogen (secondary N) is 1. The summed E-state index contributed by atoms with van der Waals surface area (Å²) in [5.41, 5.74) is 8.37. The average molecular weight is 300 g/mol. The Morgan fingerprint density at radius 1 is 1.24 bits per heavy atom. The van der Waals surface area contributed by atoms with Crippen molar-refractivity contribution in [1.29, 1.82) is 5.26 Å². The molecule has 0 aliphatic rings. The number of halogens is 1. The molecular weight excluding hydrogens is 286 g/mol. The standard InChI is InChI=1S/C16H14ClN3O/c17-15-6-5-14(7-13(15)10-19)20-16(21)8-11-3-1-2-4-12(11)9-18/h1-7H,8-9,18H2,(H,20,21). The van der Waals surface area contributed by atoms with Gasteiger partial charge in [0.05, 0.1) is 17.0 Å². The van der Waals surface area contributed by atoms with E-state index < -0.39 is 0 Å². The molecule has 106 valence electrons. The van der Waals surface area contributed by atoms with Crippen molar-refractivity contribution in [3.63, 3.8) is 0 Å². The molecule has 0 spiro atoms. The molecule has 0 saturated carbocycles. The second-order valence-corrected chi connectivity index (χ2v) is 4.91. The first-order valence-electron chi connectivity index (χ1n) is 6.40. The minimum absolute atomic E-state index is 0.165. The number of carbonyl (C=O) groups excluding carboxylic acids is 1. The summed E-state index contributed by atoms with van der Waals surface area (Å²) in [4.78, 5) is 12.1. The van der Waals surface area contributed by atoms with Gasteiger partial charge in [-0.1, -0.05) is 35.9 Å². The molecule has 0 unspecified atom stereocenters. The lowest BCUT2D eigenvalue weighted by Crippen LogP contribution is -2.16.